The van der Waals surface area contributed by atoms with E-state index in [2.05, 4.69) is 59.7 Å². The van der Waals surface area contributed by atoms with Crippen molar-refractivity contribution in [3.05, 3.63) is 25.3 Å². The largest absolute Gasteiger partial charge is 0.463 e. The number of carbonyl (C=O) groups excluding carboxylic acids is 2. The van der Waals surface area contributed by atoms with Gasteiger partial charge in [0.25, 0.3) is 0 Å². The van der Waals surface area contributed by atoms with Gasteiger partial charge < -0.3 is 17.7 Å². The molecular weight excluding hydrogens is 457 g/mol. The lowest BCUT2D eigenvalue weighted by molar-refractivity contribution is -0.139. The van der Waals surface area contributed by atoms with E-state index >= 15 is 0 Å². The van der Waals surface area contributed by atoms with E-state index in [1.54, 1.807) is 0 Å². The van der Waals surface area contributed by atoms with Crippen molar-refractivity contribution in [3.63, 3.8) is 0 Å². The predicted molar refractivity (Wildman–Crippen MR) is 139 cm³/mol. The van der Waals surface area contributed by atoms with Crippen LogP contribution in [-0.4, -0.2) is 50.3 Å². The average molecular weight is 503 g/mol. The molecule has 0 aliphatic carbocycles. The highest BCUT2D eigenvalue weighted by molar-refractivity contribution is 6.88. The highest BCUT2D eigenvalue weighted by atomic mass is 28.5. The van der Waals surface area contributed by atoms with Gasteiger partial charge in [0.15, 0.2) is 16.6 Å². The van der Waals surface area contributed by atoms with Gasteiger partial charge in [0.05, 0.1) is 13.2 Å². The number of esters is 2. The summed E-state index contributed by atoms with van der Waals surface area (Å²) in [4.78, 5) is 22.6. The zero-order valence-electron chi connectivity index (χ0n) is 21.5. The molecule has 0 bridgehead atoms. The van der Waals surface area contributed by atoms with E-state index in [0.29, 0.717) is 13.2 Å². The van der Waals surface area contributed by atoms with E-state index in [9.17, 15) is 9.59 Å². The molecule has 2 unspecified atom stereocenters. The highest BCUT2D eigenvalue weighted by Gasteiger charge is 2.43. The maximum atomic E-state index is 11.4. The van der Waals surface area contributed by atoms with Crippen LogP contribution in [0.15, 0.2) is 25.3 Å². The minimum Gasteiger partial charge on any atom is -0.463 e. The number of unbranched alkanes of at least 4 members (excludes halogenated alkanes) is 2. The fourth-order valence-corrected chi connectivity index (χ4v) is 19.1. The molecule has 0 saturated carbocycles. The van der Waals surface area contributed by atoms with E-state index in [-0.39, 0.29) is 17.9 Å². The van der Waals surface area contributed by atoms with Crippen LogP contribution in [0.3, 0.4) is 0 Å². The lowest BCUT2D eigenvalue weighted by Crippen LogP contribution is -2.54. The second kappa shape index (κ2) is 15.0. The minimum atomic E-state index is -2.39. The van der Waals surface area contributed by atoms with Crippen LogP contribution in [0, 0.1) is 5.92 Å². The van der Waals surface area contributed by atoms with Crippen LogP contribution >= 0.6 is 0 Å². The van der Waals surface area contributed by atoms with E-state index in [0.717, 1.165) is 37.4 Å². The fourth-order valence-electron chi connectivity index (χ4n) is 3.99. The molecule has 0 aromatic heterocycles. The lowest BCUT2D eigenvalue weighted by atomic mass is 10.2. The first-order valence-electron chi connectivity index (χ1n) is 11.8. The third-order valence-corrected chi connectivity index (χ3v) is 17.4. The molecule has 9 heteroatoms. The molecule has 0 amide bonds. The summed E-state index contributed by atoms with van der Waals surface area (Å²) in [5, 5.41) is 0. The van der Waals surface area contributed by atoms with Crippen molar-refractivity contribution in [2.24, 2.45) is 5.92 Å². The summed E-state index contributed by atoms with van der Waals surface area (Å²) < 4.78 is 24.1. The van der Waals surface area contributed by atoms with Crippen molar-refractivity contribution in [1.82, 2.24) is 0 Å². The number of hydrogen-bond donors (Lipinski definition) is 0. The van der Waals surface area contributed by atoms with E-state index in [1.165, 1.54) is 18.6 Å². The topological polar surface area (TPSA) is 71.1 Å². The van der Waals surface area contributed by atoms with E-state index in [4.69, 9.17) is 17.7 Å². The summed E-state index contributed by atoms with van der Waals surface area (Å²) in [5.74, 6) is -0.543. The molecule has 0 aromatic rings. The van der Waals surface area contributed by atoms with Gasteiger partial charge in [-0.3, -0.25) is 0 Å². The predicted octanol–water partition coefficient (Wildman–Crippen LogP) is 6.18. The molecule has 0 heterocycles. The van der Waals surface area contributed by atoms with Gasteiger partial charge in [0, 0.05) is 12.2 Å². The summed E-state index contributed by atoms with van der Waals surface area (Å²) in [7, 11) is -6.42. The molecule has 0 N–H and O–H groups in total. The van der Waals surface area contributed by atoms with Crippen molar-refractivity contribution in [1.29, 1.82) is 0 Å². The Morgan fingerprint density at radius 1 is 0.844 bits per heavy atom. The van der Waals surface area contributed by atoms with Crippen molar-refractivity contribution < 1.29 is 27.3 Å². The average Bonchev–Trinajstić information content (AvgIpc) is 2.67. The Labute approximate surface area is 199 Å². The van der Waals surface area contributed by atoms with Crippen LogP contribution in [0.2, 0.25) is 50.9 Å². The van der Waals surface area contributed by atoms with Crippen LogP contribution in [0.5, 0.6) is 0 Å². The smallest absolute Gasteiger partial charge is 0.330 e. The third kappa shape index (κ3) is 14.9. The molecule has 0 fully saturated rings. The molecule has 0 aliphatic heterocycles. The molecule has 0 rings (SSSR count). The molecule has 2 atom stereocenters. The standard InChI is InChI=1S/C23H46O6Si3/c1-10-13-14-18-32(9,28-30(5,6)17-15-16-26-22(24)11-2)29-31(7,8)20-21(4)19-27-23(25)12-3/h11-12,21H,2-3,10,13-20H2,1,4-9H3. The molecule has 0 saturated heterocycles. The SMILES string of the molecule is C=CC(=O)OCCC[Si](C)(C)O[Si](C)(CCCCC)O[Si](C)(C)CC(C)COC(=O)C=C. The first kappa shape index (κ1) is 31.0. The Balaban J connectivity index is 5.07. The van der Waals surface area contributed by atoms with Crippen LogP contribution in [0.4, 0.5) is 0 Å². The quantitative estimate of drug-likeness (QED) is 0.0965. The summed E-state index contributed by atoms with van der Waals surface area (Å²) in [5.41, 5.74) is 0. The van der Waals surface area contributed by atoms with E-state index in [1.807, 2.05) is 0 Å². The minimum absolute atomic E-state index is 0.222. The Bertz CT molecular complexity index is 609. The zero-order chi connectivity index (χ0) is 24.8. The van der Waals surface area contributed by atoms with Gasteiger partial charge in [-0.1, -0.05) is 46.3 Å². The van der Waals surface area contributed by atoms with E-state index < -0.39 is 25.2 Å². The molecule has 0 spiro atoms. The number of carbonyl (C=O) groups is 2. The van der Waals surface area contributed by atoms with Crippen LogP contribution < -0.4 is 0 Å². The molecule has 186 valence electrons. The van der Waals surface area contributed by atoms with Crippen molar-refractivity contribution >= 4 is 37.1 Å². The number of hydrogen-bond acceptors (Lipinski definition) is 6. The second-order valence-corrected chi connectivity index (χ2v) is 22.3. The first-order chi connectivity index (χ1) is 14.8. The summed E-state index contributed by atoms with van der Waals surface area (Å²) in [6, 6.07) is 2.79. The molecule has 6 nitrogen and oxygen atoms in total. The normalized spacial score (nSPS) is 14.8. The van der Waals surface area contributed by atoms with Gasteiger partial charge in [-0.25, -0.2) is 9.59 Å². The summed E-state index contributed by atoms with van der Waals surface area (Å²) >= 11 is 0. The molecule has 0 aliphatic rings. The van der Waals surface area contributed by atoms with Crippen molar-refractivity contribution in [2.45, 2.75) is 90.4 Å². The summed E-state index contributed by atoms with van der Waals surface area (Å²) in [6.07, 6.45) is 6.61. The molecule has 32 heavy (non-hydrogen) atoms. The van der Waals surface area contributed by atoms with Gasteiger partial charge in [-0.05, 0) is 63.2 Å². The summed E-state index contributed by atoms with van der Waals surface area (Å²) in [6.45, 7) is 23.1. The number of rotatable bonds is 18. The maximum Gasteiger partial charge on any atom is 0.330 e. The van der Waals surface area contributed by atoms with Crippen LogP contribution in [0.1, 0.15) is 39.5 Å². The zero-order valence-corrected chi connectivity index (χ0v) is 24.5. The first-order valence-corrected chi connectivity index (χ1v) is 20.5. The fraction of sp³-hybridized carbons (Fsp3) is 0.739. The Morgan fingerprint density at radius 2 is 1.41 bits per heavy atom. The second-order valence-electron chi connectivity index (χ2n) is 9.93. The Hall–Kier alpha value is -1.01. The van der Waals surface area contributed by atoms with Crippen molar-refractivity contribution in [3.8, 4) is 0 Å². The van der Waals surface area contributed by atoms with Gasteiger partial charge in [0.1, 0.15) is 0 Å². The van der Waals surface area contributed by atoms with Gasteiger partial charge in [-0.15, -0.1) is 0 Å². The molecular formula is C23H46O6Si3. The van der Waals surface area contributed by atoms with Crippen LogP contribution in [0.25, 0.3) is 0 Å². The monoisotopic (exact) mass is 502 g/mol. The van der Waals surface area contributed by atoms with Crippen molar-refractivity contribution in [2.75, 3.05) is 13.2 Å². The third-order valence-electron chi connectivity index (χ3n) is 5.07. The Morgan fingerprint density at radius 3 is 1.97 bits per heavy atom. The van der Waals surface area contributed by atoms with Crippen LogP contribution in [-0.2, 0) is 27.3 Å². The highest BCUT2D eigenvalue weighted by Crippen LogP contribution is 2.31. The van der Waals surface area contributed by atoms with Gasteiger partial charge >= 0.3 is 20.5 Å². The molecule has 0 radical (unpaired) electrons. The lowest BCUT2D eigenvalue weighted by Gasteiger charge is -2.41. The molecule has 0 aromatic carbocycles. The number of ether oxygens (including phenoxy) is 2. The van der Waals surface area contributed by atoms with Gasteiger partial charge in [0.2, 0.25) is 0 Å². The Kier molecular flexibility index (Phi) is 14.5. The maximum absolute atomic E-state index is 11.4. The van der Waals surface area contributed by atoms with Gasteiger partial charge in [-0.2, -0.15) is 0 Å².